The fourth-order valence-electron chi connectivity index (χ4n) is 3.50. The van der Waals surface area contributed by atoms with Gasteiger partial charge in [0, 0.05) is 17.5 Å². The summed E-state index contributed by atoms with van der Waals surface area (Å²) >= 11 is 6.36. The van der Waals surface area contributed by atoms with Crippen LogP contribution in [-0.4, -0.2) is 31.5 Å². The minimum Gasteiger partial charge on any atom is -0.368 e. The number of hydrogen-bond donors (Lipinski definition) is 2. The molecule has 0 aliphatic heterocycles. The van der Waals surface area contributed by atoms with Crippen LogP contribution in [0.3, 0.4) is 0 Å². The predicted octanol–water partition coefficient (Wildman–Crippen LogP) is 5.02. The van der Waals surface area contributed by atoms with E-state index in [0.29, 0.717) is 46.2 Å². The number of H-pyrrole nitrogens is 1. The van der Waals surface area contributed by atoms with Crippen molar-refractivity contribution in [2.24, 2.45) is 0 Å². The van der Waals surface area contributed by atoms with Crippen molar-refractivity contribution in [2.45, 2.75) is 6.42 Å². The fraction of sp³-hybridized carbons (Fsp3) is 0.0909. The van der Waals surface area contributed by atoms with E-state index in [1.54, 1.807) is 18.5 Å². The van der Waals surface area contributed by atoms with Gasteiger partial charge in [-0.3, -0.25) is 0 Å². The summed E-state index contributed by atoms with van der Waals surface area (Å²) in [5.41, 5.74) is 4.47. The van der Waals surface area contributed by atoms with Crippen LogP contribution in [0.15, 0.2) is 61.2 Å². The lowest BCUT2D eigenvalue weighted by molar-refractivity contribution is 0.628. The monoisotopic (exact) mass is 418 g/mol. The van der Waals surface area contributed by atoms with Crippen molar-refractivity contribution in [1.29, 1.82) is 0 Å². The van der Waals surface area contributed by atoms with Crippen molar-refractivity contribution in [3.8, 4) is 11.3 Å². The molecule has 5 rings (SSSR count). The van der Waals surface area contributed by atoms with Crippen LogP contribution >= 0.6 is 11.6 Å². The summed E-state index contributed by atoms with van der Waals surface area (Å²) in [5, 5.41) is 4.83. The standard InChI is InChI=1S/C22H16ClFN6/c23-17-6-2-4-13-9-15(18(30-19(13)17)14-3-1-5-16(24)10-14)7-8-25-21-20-22(27-11-26-20)29-12-28-21/h1-6,9-12H,7-8H2,(H2,25,26,27,28,29). The Morgan fingerprint density at radius 2 is 1.93 bits per heavy atom. The number of para-hydroxylation sites is 1. The lowest BCUT2D eigenvalue weighted by Gasteiger charge is -2.13. The molecule has 0 unspecified atom stereocenters. The van der Waals surface area contributed by atoms with Crippen molar-refractivity contribution in [3.05, 3.63) is 77.6 Å². The molecule has 0 atom stereocenters. The maximum Gasteiger partial charge on any atom is 0.182 e. The Morgan fingerprint density at radius 3 is 2.83 bits per heavy atom. The average molecular weight is 419 g/mol. The molecule has 0 aliphatic rings. The molecule has 0 bridgehead atoms. The summed E-state index contributed by atoms with van der Waals surface area (Å²) in [7, 11) is 0. The molecule has 0 aliphatic carbocycles. The lowest BCUT2D eigenvalue weighted by atomic mass is 10.0. The average Bonchev–Trinajstić information content (AvgIpc) is 3.23. The van der Waals surface area contributed by atoms with Gasteiger partial charge in [-0.1, -0.05) is 35.9 Å². The quantitative estimate of drug-likeness (QED) is 0.419. The molecule has 148 valence electrons. The van der Waals surface area contributed by atoms with Gasteiger partial charge >= 0.3 is 0 Å². The van der Waals surface area contributed by atoms with Crippen LogP contribution in [0.5, 0.6) is 0 Å². The van der Waals surface area contributed by atoms with Gasteiger partial charge in [-0.15, -0.1) is 0 Å². The van der Waals surface area contributed by atoms with Gasteiger partial charge in [0.15, 0.2) is 11.5 Å². The summed E-state index contributed by atoms with van der Waals surface area (Å²) in [4.78, 5) is 20.4. The summed E-state index contributed by atoms with van der Waals surface area (Å²) in [6.07, 6.45) is 3.72. The number of fused-ring (bicyclic) bond motifs is 2. The molecule has 0 amide bonds. The van der Waals surface area contributed by atoms with Gasteiger partial charge in [-0.05, 0) is 36.2 Å². The van der Waals surface area contributed by atoms with E-state index >= 15 is 0 Å². The number of pyridine rings is 1. The Morgan fingerprint density at radius 1 is 1.03 bits per heavy atom. The molecule has 5 aromatic rings. The molecule has 3 heterocycles. The van der Waals surface area contributed by atoms with Crippen molar-refractivity contribution in [1.82, 2.24) is 24.9 Å². The van der Waals surface area contributed by atoms with Crippen LogP contribution in [0.1, 0.15) is 5.56 Å². The Kier molecular flexibility index (Phi) is 4.72. The molecule has 0 spiro atoms. The molecule has 2 aromatic carbocycles. The van der Waals surface area contributed by atoms with Crippen LogP contribution in [-0.2, 0) is 6.42 Å². The zero-order valence-corrected chi connectivity index (χ0v) is 16.5. The molecular formula is C22H16ClFN6. The molecule has 0 saturated carbocycles. The third-order valence-electron chi connectivity index (χ3n) is 4.88. The van der Waals surface area contributed by atoms with Gasteiger partial charge in [0.25, 0.3) is 0 Å². The molecule has 0 radical (unpaired) electrons. The first-order valence-electron chi connectivity index (χ1n) is 9.41. The highest BCUT2D eigenvalue weighted by atomic mass is 35.5. The number of hydrogen-bond acceptors (Lipinski definition) is 5. The number of aromatic nitrogens is 5. The lowest BCUT2D eigenvalue weighted by Crippen LogP contribution is -2.08. The maximum absolute atomic E-state index is 13.9. The molecule has 8 heteroatoms. The van der Waals surface area contributed by atoms with Gasteiger partial charge in [0.1, 0.15) is 17.7 Å². The molecule has 2 N–H and O–H groups in total. The maximum atomic E-state index is 13.9. The number of benzene rings is 2. The van der Waals surface area contributed by atoms with E-state index in [9.17, 15) is 4.39 Å². The van der Waals surface area contributed by atoms with E-state index in [0.717, 1.165) is 16.5 Å². The highest BCUT2D eigenvalue weighted by Gasteiger charge is 2.13. The van der Waals surface area contributed by atoms with Crippen LogP contribution < -0.4 is 5.32 Å². The van der Waals surface area contributed by atoms with E-state index in [1.165, 1.54) is 18.5 Å². The number of imidazole rings is 1. The number of nitrogens with zero attached hydrogens (tertiary/aromatic N) is 4. The van der Waals surface area contributed by atoms with Gasteiger partial charge < -0.3 is 10.3 Å². The van der Waals surface area contributed by atoms with Crippen LogP contribution in [0, 0.1) is 5.82 Å². The Balaban J connectivity index is 1.50. The highest BCUT2D eigenvalue weighted by Crippen LogP contribution is 2.30. The third kappa shape index (κ3) is 3.44. The Bertz CT molecular complexity index is 1370. The molecule has 6 nitrogen and oxygen atoms in total. The van der Waals surface area contributed by atoms with Crippen LogP contribution in [0.4, 0.5) is 10.2 Å². The van der Waals surface area contributed by atoms with E-state index in [2.05, 4.69) is 31.3 Å². The Labute approximate surface area is 176 Å². The normalized spacial score (nSPS) is 11.3. The Hall–Kier alpha value is -3.58. The van der Waals surface area contributed by atoms with Crippen molar-refractivity contribution in [3.63, 3.8) is 0 Å². The summed E-state index contributed by atoms with van der Waals surface area (Å²) < 4.78 is 13.9. The van der Waals surface area contributed by atoms with Crippen molar-refractivity contribution in [2.75, 3.05) is 11.9 Å². The van der Waals surface area contributed by atoms with Gasteiger partial charge in [0.2, 0.25) is 0 Å². The number of rotatable bonds is 5. The fourth-order valence-corrected chi connectivity index (χ4v) is 3.72. The van der Waals surface area contributed by atoms with Gasteiger partial charge in [0.05, 0.1) is 22.6 Å². The second-order valence-electron chi connectivity index (χ2n) is 6.82. The molecular weight excluding hydrogens is 403 g/mol. The summed E-state index contributed by atoms with van der Waals surface area (Å²) in [5.74, 6) is 0.377. The SMILES string of the molecule is Fc1cccc(-c2nc3c(Cl)cccc3cc2CCNc2ncnc3nc[nH]c23)c1. The molecule has 30 heavy (non-hydrogen) atoms. The zero-order valence-electron chi connectivity index (χ0n) is 15.7. The minimum atomic E-state index is -0.305. The number of aromatic amines is 1. The first-order chi connectivity index (χ1) is 14.7. The second-order valence-corrected chi connectivity index (χ2v) is 7.23. The molecule has 3 aromatic heterocycles. The second kappa shape index (κ2) is 7.68. The van der Waals surface area contributed by atoms with E-state index in [1.807, 2.05) is 18.2 Å². The summed E-state index contributed by atoms with van der Waals surface area (Å²) in [6.45, 7) is 0.598. The highest BCUT2D eigenvalue weighted by molar-refractivity contribution is 6.35. The molecule has 0 saturated heterocycles. The number of halogens is 2. The first kappa shape index (κ1) is 18.4. The zero-order chi connectivity index (χ0) is 20.5. The first-order valence-corrected chi connectivity index (χ1v) is 9.79. The number of nitrogens with one attached hydrogen (secondary N) is 2. The van der Waals surface area contributed by atoms with Crippen molar-refractivity contribution >= 4 is 39.5 Å². The van der Waals surface area contributed by atoms with Crippen LogP contribution in [0.25, 0.3) is 33.3 Å². The van der Waals surface area contributed by atoms with E-state index in [4.69, 9.17) is 16.6 Å². The smallest absolute Gasteiger partial charge is 0.182 e. The van der Waals surface area contributed by atoms with E-state index in [-0.39, 0.29) is 5.82 Å². The summed E-state index contributed by atoms with van der Waals surface area (Å²) in [6, 6.07) is 14.2. The van der Waals surface area contributed by atoms with Crippen LogP contribution in [0.2, 0.25) is 5.02 Å². The predicted molar refractivity (Wildman–Crippen MR) is 116 cm³/mol. The van der Waals surface area contributed by atoms with Gasteiger partial charge in [-0.2, -0.15) is 0 Å². The topological polar surface area (TPSA) is 79.4 Å². The van der Waals surface area contributed by atoms with Gasteiger partial charge in [-0.25, -0.2) is 24.3 Å². The van der Waals surface area contributed by atoms with E-state index < -0.39 is 0 Å². The number of anilines is 1. The largest absolute Gasteiger partial charge is 0.368 e. The third-order valence-corrected chi connectivity index (χ3v) is 5.19. The minimum absolute atomic E-state index is 0.305. The van der Waals surface area contributed by atoms with Crippen molar-refractivity contribution < 1.29 is 4.39 Å². The molecule has 0 fully saturated rings.